The van der Waals surface area contributed by atoms with Crippen molar-refractivity contribution in [2.75, 3.05) is 19.6 Å². The standard InChI is InChI=1S/C12H17NO3S/c1-16-12(14)9-6-10-4-7-11(8-5-10)13-17(2,3)15/h4-5,7-8H,6,9H2,1-3H3. The van der Waals surface area contributed by atoms with Gasteiger partial charge in [-0.3, -0.25) is 4.79 Å². The molecule has 0 bridgehead atoms. The van der Waals surface area contributed by atoms with Crippen molar-refractivity contribution in [3.05, 3.63) is 29.8 Å². The third-order valence-electron chi connectivity index (χ3n) is 2.11. The molecular weight excluding hydrogens is 238 g/mol. The lowest BCUT2D eigenvalue weighted by Crippen LogP contribution is -2.01. The van der Waals surface area contributed by atoms with Crippen LogP contribution in [-0.4, -0.2) is 29.8 Å². The van der Waals surface area contributed by atoms with Gasteiger partial charge in [0.1, 0.15) is 0 Å². The molecule has 0 saturated carbocycles. The number of aryl methyl sites for hydroxylation is 1. The van der Waals surface area contributed by atoms with E-state index in [1.165, 1.54) is 7.11 Å². The maximum atomic E-state index is 11.5. The van der Waals surface area contributed by atoms with Gasteiger partial charge in [-0.1, -0.05) is 12.1 Å². The van der Waals surface area contributed by atoms with Crippen LogP contribution >= 0.6 is 0 Å². The number of rotatable bonds is 4. The van der Waals surface area contributed by atoms with Gasteiger partial charge in [0.25, 0.3) is 0 Å². The van der Waals surface area contributed by atoms with E-state index in [0.717, 1.165) is 5.56 Å². The second-order valence-electron chi connectivity index (χ2n) is 4.02. The molecule has 0 atom stereocenters. The fourth-order valence-electron chi connectivity index (χ4n) is 1.33. The summed E-state index contributed by atoms with van der Waals surface area (Å²) in [5, 5.41) is 0. The molecule has 0 radical (unpaired) electrons. The monoisotopic (exact) mass is 255 g/mol. The van der Waals surface area contributed by atoms with E-state index in [-0.39, 0.29) is 5.97 Å². The first-order valence-electron chi connectivity index (χ1n) is 5.23. The smallest absolute Gasteiger partial charge is 0.305 e. The molecule has 0 aliphatic heterocycles. The Kier molecular flexibility index (Phi) is 4.69. The van der Waals surface area contributed by atoms with Crippen LogP contribution in [0.3, 0.4) is 0 Å². The summed E-state index contributed by atoms with van der Waals surface area (Å²) >= 11 is 0. The molecule has 5 heteroatoms. The number of hydrogen-bond acceptors (Lipinski definition) is 4. The Morgan fingerprint density at radius 2 is 1.88 bits per heavy atom. The molecule has 0 aliphatic carbocycles. The summed E-state index contributed by atoms with van der Waals surface area (Å²) < 4.78 is 20.1. The highest BCUT2D eigenvalue weighted by atomic mass is 32.2. The molecule has 0 spiro atoms. The van der Waals surface area contributed by atoms with Gasteiger partial charge in [-0.15, -0.1) is 0 Å². The minimum Gasteiger partial charge on any atom is -0.469 e. The van der Waals surface area contributed by atoms with Crippen LogP contribution in [0.1, 0.15) is 12.0 Å². The minimum atomic E-state index is -2.12. The minimum absolute atomic E-state index is 0.219. The van der Waals surface area contributed by atoms with Crippen molar-refractivity contribution in [1.82, 2.24) is 0 Å². The average molecular weight is 255 g/mol. The van der Waals surface area contributed by atoms with Crippen molar-refractivity contribution in [3.63, 3.8) is 0 Å². The SMILES string of the molecule is COC(=O)CCc1ccc(N=S(C)(C)=O)cc1. The fraction of sp³-hybridized carbons (Fsp3) is 0.417. The molecule has 17 heavy (non-hydrogen) atoms. The topological polar surface area (TPSA) is 55.7 Å². The highest BCUT2D eigenvalue weighted by Gasteiger charge is 2.01. The van der Waals surface area contributed by atoms with Crippen molar-refractivity contribution in [2.45, 2.75) is 12.8 Å². The molecule has 0 aliphatic rings. The number of hydrogen-bond donors (Lipinski definition) is 0. The summed E-state index contributed by atoms with van der Waals surface area (Å²) in [6.07, 6.45) is 4.20. The third kappa shape index (κ3) is 5.49. The van der Waals surface area contributed by atoms with Gasteiger partial charge in [-0.05, 0) is 24.1 Å². The quantitative estimate of drug-likeness (QED) is 0.775. The predicted molar refractivity (Wildman–Crippen MR) is 68.9 cm³/mol. The van der Waals surface area contributed by atoms with Gasteiger partial charge < -0.3 is 4.74 Å². The molecule has 0 aromatic heterocycles. The first kappa shape index (κ1) is 13.7. The number of nitrogens with zero attached hydrogens (tertiary/aromatic N) is 1. The molecule has 0 saturated heterocycles. The number of carbonyl (C=O) groups excluding carboxylic acids is 1. The lowest BCUT2D eigenvalue weighted by atomic mass is 10.1. The molecule has 0 amide bonds. The van der Waals surface area contributed by atoms with Crippen molar-refractivity contribution in [3.8, 4) is 0 Å². The van der Waals surface area contributed by atoms with Crippen LogP contribution in [0.5, 0.6) is 0 Å². The molecule has 1 aromatic carbocycles. The van der Waals surface area contributed by atoms with Gasteiger partial charge in [-0.25, -0.2) is 4.21 Å². The van der Waals surface area contributed by atoms with Crippen LogP contribution in [0.2, 0.25) is 0 Å². The van der Waals surface area contributed by atoms with Crippen LogP contribution in [-0.2, 0) is 25.7 Å². The molecule has 0 fully saturated rings. The van der Waals surface area contributed by atoms with Crippen molar-refractivity contribution in [2.24, 2.45) is 4.36 Å². The normalized spacial score (nSPS) is 11.0. The number of esters is 1. The molecule has 4 nitrogen and oxygen atoms in total. The summed E-state index contributed by atoms with van der Waals surface area (Å²) in [6, 6.07) is 7.37. The second-order valence-corrected chi connectivity index (χ2v) is 6.56. The lowest BCUT2D eigenvalue weighted by Gasteiger charge is -2.01. The first-order chi connectivity index (χ1) is 7.90. The zero-order valence-corrected chi connectivity index (χ0v) is 11.1. The molecule has 0 heterocycles. The second kappa shape index (κ2) is 5.82. The van der Waals surface area contributed by atoms with Gasteiger partial charge in [0.05, 0.1) is 12.8 Å². The van der Waals surface area contributed by atoms with Gasteiger partial charge in [0.15, 0.2) is 0 Å². The van der Waals surface area contributed by atoms with E-state index >= 15 is 0 Å². The summed E-state index contributed by atoms with van der Waals surface area (Å²) in [7, 11) is -0.740. The third-order valence-corrected chi connectivity index (χ3v) is 2.76. The van der Waals surface area contributed by atoms with E-state index in [9.17, 15) is 9.00 Å². The van der Waals surface area contributed by atoms with E-state index in [2.05, 4.69) is 9.10 Å². The molecular formula is C12H17NO3S. The lowest BCUT2D eigenvalue weighted by molar-refractivity contribution is -0.140. The summed E-state index contributed by atoms with van der Waals surface area (Å²) in [5.41, 5.74) is 1.73. The average Bonchev–Trinajstić information content (AvgIpc) is 2.25. The van der Waals surface area contributed by atoms with Crippen LogP contribution in [0, 0.1) is 0 Å². The van der Waals surface area contributed by atoms with E-state index in [1.807, 2.05) is 12.1 Å². The van der Waals surface area contributed by atoms with Crippen LogP contribution < -0.4 is 0 Å². The zero-order valence-electron chi connectivity index (χ0n) is 10.3. The Balaban J connectivity index is 2.69. The summed E-state index contributed by atoms with van der Waals surface area (Å²) in [5.74, 6) is -0.219. The molecule has 1 rings (SSSR count). The van der Waals surface area contributed by atoms with Gasteiger partial charge in [-0.2, -0.15) is 4.36 Å². The summed E-state index contributed by atoms with van der Waals surface area (Å²) in [6.45, 7) is 0. The number of ether oxygens (including phenoxy) is 1. The molecule has 1 aromatic rings. The van der Waals surface area contributed by atoms with Gasteiger partial charge in [0, 0.05) is 28.7 Å². The van der Waals surface area contributed by atoms with Crippen LogP contribution in [0.25, 0.3) is 0 Å². The Morgan fingerprint density at radius 1 is 1.29 bits per heavy atom. The summed E-state index contributed by atoms with van der Waals surface area (Å²) in [4.78, 5) is 11.0. The predicted octanol–water partition coefficient (Wildman–Crippen LogP) is 2.15. The van der Waals surface area contributed by atoms with Gasteiger partial charge >= 0.3 is 5.97 Å². The van der Waals surface area contributed by atoms with E-state index in [4.69, 9.17) is 0 Å². The Labute approximate surface area is 102 Å². The molecule has 94 valence electrons. The van der Waals surface area contributed by atoms with E-state index in [1.54, 1.807) is 24.6 Å². The Hall–Kier alpha value is -1.36. The van der Waals surface area contributed by atoms with Gasteiger partial charge in [0.2, 0.25) is 0 Å². The van der Waals surface area contributed by atoms with E-state index < -0.39 is 9.73 Å². The molecule has 0 N–H and O–H groups in total. The number of carbonyl (C=O) groups is 1. The van der Waals surface area contributed by atoms with Crippen LogP contribution in [0.15, 0.2) is 28.6 Å². The fourth-order valence-corrected chi connectivity index (χ4v) is 1.96. The van der Waals surface area contributed by atoms with Crippen molar-refractivity contribution in [1.29, 1.82) is 0 Å². The van der Waals surface area contributed by atoms with Crippen LogP contribution in [0.4, 0.5) is 5.69 Å². The van der Waals surface area contributed by atoms with E-state index in [0.29, 0.717) is 18.5 Å². The maximum absolute atomic E-state index is 11.5. The highest BCUT2D eigenvalue weighted by molar-refractivity contribution is 7.92. The highest BCUT2D eigenvalue weighted by Crippen LogP contribution is 2.15. The Morgan fingerprint density at radius 3 is 2.35 bits per heavy atom. The Bertz CT molecular complexity index is 491. The zero-order chi connectivity index (χ0) is 12.9. The van der Waals surface area contributed by atoms with Crippen molar-refractivity contribution >= 4 is 21.4 Å². The number of methoxy groups -OCH3 is 1. The van der Waals surface area contributed by atoms with Crippen molar-refractivity contribution < 1.29 is 13.7 Å². The molecule has 0 unspecified atom stereocenters. The first-order valence-corrected chi connectivity index (χ1v) is 7.57. The number of benzene rings is 1. The largest absolute Gasteiger partial charge is 0.469 e. The maximum Gasteiger partial charge on any atom is 0.305 e.